The van der Waals surface area contributed by atoms with Gasteiger partial charge >= 0.3 is 6.09 Å². The van der Waals surface area contributed by atoms with Gasteiger partial charge in [0.2, 0.25) is 0 Å². The third-order valence-corrected chi connectivity index (χ3v) is 3.85. The molecule has 2 aliphatic rings. The van der Waals surface area contributed by atoms with Crippen LogP contribution in [0.1, 0.15) is 39.0 Å². The van der Waals surface area contributed by atoms with Crippen LogP contribution in [0.2, 0.25) is 0 Å². The molecule has 0 aromatic heterocycles. The predicted octanol–water partition coefficient (Wildman–Crippen LogP) is 1.66. The Balaban J connectivity index is 2.15. The minimum atomic E-state index is -0.727. The van der Waals surface area contributed by atoms with E-state index in [1.165, 1.54) is 0 Å². The molecule has 2 fully saturated rings. The van der Waals surface area contributed by atoms with E-state index in [9.17, 15) is 9.90 Å². The molecule has 4 heteroatoms. The fraction of sp³-hybridized carbons (Fsp3) is 0.909. The first-order chi connectivity index (χ1) is 7.19. The van der Waals surface area contributed by atoms with Crippen LogP contribution in [0, 0.1) is 0 Å². The molecule has 2 atom stereocenters. The smallest absolute Gasteiger partial charge is 0.408 e. The highest BCUT2D eigenvalue weighted by Gasteiger charge is 2.50. The summed E-state index contributed by atoms with van der Waals surface area (Å²) in [7, 11) is 0. The van der Waals surface area contributed by atoms with Gasteiger partial charge in [0.1, 0.15) is 0 Å². The predicted molar refractivity (Wildman–Crippen MR) is 58.0 cm³/mol. The maximum Gasteiger partial charge on any atom is 0.408 e. The molecule has 0 aromatic rings. The molecule has 4 nitrogen and oxygen atoms in total. The summed E-state index contributed by atoms with van der Waals surface area (Å²) < 4.78 is 0. The van der Waals surface area contributed by atoms with Gasteiger partial charge in [0.25, 0.3) is 0 Å². The van der Waals surface area contributed by atoms with Crippen molar-refractivity contribution in [2.75, 3.05) is 13.1 Å². The van der Waals surface area contributed by atoms with E-state index < -0.39 is 6.09 Å². The maximum atomic E-state index is 11.3. The normalized spacial score (nSPS) is 34.5. The summed E-state index contributed by atoms with van der Waals surface area (Å²) in [6.45, 7) is 3.83. The first kappa shape index (κ1) is 10.7. The van der Waals surface area contributed by atoms with Crippen LogP contribution in [0.5, 0.6) is 0 Å². The largest absolute Gasteiger partial charge is 0.465 e. The highest BCUT2D eigenvalue weighted by molar-refractivity contribution is 5.67. The zero-order valence-corrected chi connectivity index (χ0v) is 9.33. The van der Waals surface area contributed by atoms with Gasteiger partial charge in [0.05, 0.1) is 5.54 Å². The van der Waals surface area contributed by atoms with E-state index in [1.807, 2.05) is 0 Å². The molecule has 2 heterocycles. The van der Waals surface area contributed by atoms with Crippen molar-refractivity contribution in [2.24, 2.45) is 0 Å². The van der Waals surface area contributed by atoms with E-state index in [2.05, 4.69) is 12.2 Å². The maximum absolute atomic E-state index is 11.3. The van der Waals surface area contributed by atoms with Crippen molar-refractivity contribution in [3.63, 3.8) is 0 Å². The molecule has 15 heavy (non-hydrogen) atoms. The van der Waals surface area contributed by atoms with Crippen molar-refractivity contribution in [3.8, 4) is 0 Å². The standard InChI is InChI=1S/C11H20N2O2/c1-2-3-5-11-6-4-9(7-12-8-11)13(11)10(14)15/h9,12H,2-8H2,1H3,(H,14,15). The summed E-state index contributed by atoms with van der Waals surface area (Å²) in [5.74, 6) is 0. The van der Waals surface area contributed by atoms with E-state index in [-0.39, 0.29) is 11.6 Å². The number of amides is 1. The van der Waals surface area contributed by atoms with Crippen molar-refractivity contribution < 1.29 is 9.90 Å². The van der Waals surface area contributed by atoms with E-state index in [0.29, 0.717) is 0 Å². The average Bonchev–Trinajstić information content (AvgIpc) is 2.44. The zero-order chi connectivity index (χ0) is 10.9. The van der Waals surface area contributed by atoms with Crippen LogP contribution in [-0.2, 0) is 0 Å². The van der Waals surface area contributed by atoms with E-state index in [1.54, 1.807) is 4.90 Å². The number of rotatable bonds is 3. The summed E-state index contributed by atoms with van der Waals surface area (Å²) in [5.41, 5.74) is -0.0925. The first-order valence-electron chi connectivity index (χ1n) is 5.92. The molecule has 2 N–H and O–H groups in total. The second-order valence-electron chi connectivity index (χ2n) is 4.80. The molecule has 86 valence electrons. The van der Waals surface area contributed by atoms with E-state index >= 15 is 0 Å². The van der Waals surface area contributed by atoms with Gasteiger partial charge in [-0.2, -0.15) is 0 Å². The molecule has 0 aromatic carbocycles. The van der Waals surface area contributed by atoms with Gasteiger partial charge in [-0.15, -0.1) is 0 Å². The summed E-state index contributed by atoms with van der Waals surface area (Å²) >= 11 is 0. The minimum absolute atomic E-state index is 0.0925. The Labute approximate surface area is 90.6 Å². The highest BCUT2D eigenvalue weighted by Crippen LogP contribution is 2.39. The van der Waals surface area contributed by atoms with E-state index in [0.717, 1.165) is 45.2 Å². The van der Waals surface area contributed by atoms with Crippen LogP contribution in [0.3, 0.4) is 0 Å². The lowest BCUT2D eigenvalue weighted by Crippen LogP contribution is -2.61. The molecule has 2 unspecified atom stereocenters. The fourth-order valence-corrected chi connectivity index (χ4v) is 3.11. The summed E-state index contributed by atoms with van der Waals surface area (Å²) in [6, 6.07) is 0.216. The lowest BCUT2D eigenvalue weighted by Gasteiger charge is -2.43. The van der Waals surface area contributed by atoms with Gasteiger partial charge in [-0.3, -0.25) is 4.90 Å². The molecule has 2 rings (SSSR count). The second-order valence-corrected chi connectivity index (χ2v) is 4.80. The topological polar surface area (TPSA) is 52.6 Å². The third-order valence-electron chi connectivity index (χ3n) is 3.85. The SMILES string of the molecule is CCCCC12CCC(CNC1)N2C(=O)O. The number of fused-ring (bicyclic) bond motifs is 2. The molecular weight excluding hydrogens is 192 g/mol. The van der Waals surface area contributed by atoms with E-state index in [4.69, 9.17) is 0 Å². The number of piperazine rings is 1. The Kier molecular flexibility index (Phi) is 2.87. The van der Waals surface area contributed by atoms with Gasteiger partial charge in [-0.25, -0.2) is 4.79 Å². The molecule has 1 amide bonds. The van der Waals surface area contributed by atoms with Crippen LogP contribution in [0.4, 0.5) is 4.79 Å². The van der Waals surface area contributed by atoms with Crippen LogP contribution in [0.15, 0.2) is 0 Å². The third kappa shape index (κ3) is 1.71. The average molecular weight is 212 g/mol. The number of nitrogens with one attached hydrogen (secondary N) is 1. The second kappa shape index (κ2) is 4.00. The number of carboxylic acid groups (broad SMARTS) is 1. The Morgan fingerprint density at radius 3 is 3.13 bits per heavy atom. The zero-order valence-electron chi connectivity index (χ0n) is 9.33. The molecule has 0 spiro atoms. The van der Waals surface area contributed by atoms with Crippen molar-refractivity contribution in [1.29, 1.82) is 0 Å². The molecule has 2 aliphatic heterocycles. The van der Waals surface area contributed by atoms with Crippen molar-refractivity contribution in [3.05, 3.63) is 0 Å². The molecule has 2 saturated heterocycles. The van der Waals surface area contributed by atoms with Crippen molar-refractivity contribution >= 4 is 6.09 Å². The Hall–Kier alpha value is -0.770. The van der Waals surface area contributed by atoms with Gasteiger partial charge in [-0.05, 0) is 19.3 Å². The highest BCUT2D eigenvalue weighted by atomic mass is 16.4. The number of hydrogen-bond donors (Lipinski definition) is 2. The number of carbonyl (C=O) groups is 1. The molecular formula is C11H20N2O2. The lowest BCUT2D eigenvalue weighted by atomic mass is 9.89. The van der Waals surface area contributed by atoms with Crippen molar-refractivity contribution in [1.82, 2.24) is 10.2 Å². The van der Waals surface area contributed by atoms with Gasteiger partial charge in [-0.1, -0.05) is 19.8 Å². The molecule has 0 saturated carbocycles. The minimum Gasteiger partial charge on any atom is -0.465 e. The van der Waals surface area contributed by atoms with Gasteiger partial charge in [0, 0.05) is 19.1 Å². The van der Waals surface area contributed by atoms with Crippen LogP contribution in [0.25, 0.3) is 0 Å². The monoisotopic (exact) mass is 212 g/mol. The van der Waals surface area contributed by atoms with Crippen LogP contribution >= 0.6 is 0 Å². The molecule has 0 aliphatic carbocycles. The van der Waals surface area contributed by atoms with Crippen molar-refractivity contribution in [2.45, 2.75) is 50.6 Å². The molecule has 0 radical (unpaired) electrons. The quantitative estimate of drug-likeness (QED) is 0.748. The van der Waals surface area contributed by atoms with Gasteiger partial charge < -0.3 is 10.4 Å². The summed E-state index contributed by atoms with van der Waals surface area (Å²) in [6.07, 6.45) is 4.62. The number of hydrogen-bond acceptors (Lipinski definition) is 2. The van der Waals surface area contributed by atoms with Gasteiger partial charge in [0.15, 0.2) is 0 Å². The first-order valence-corrected chi connectivity index (χ1v) is 5.92. The Morgan fingerprint density at radius 1 is 1.67 bits per heavy atom. The number of nitrogens with zero attached hydrogens (tertiary/aromatic N) is 1. The van der Waals surface area contributed by atoms with Crippen LogP contribution in [-0.4, -0.2) is 40.8 Å². The van der Waals surface area contributed by atoms with Crippen LogP contribution < -0.4 is 5.32 Å². The Morgan fingerprint density at radius 2 is 2.47 bits per heavy atom. The lowest BCUT2D eigenvalue weighted by molar-refractivity contribution is 0.0553. The number of unbranched alkanes of at least 4 members (excludes halogenated alkanes) is 1. The Bertz CT molecular complexity index is 253. The fourth-order valence-electron chi connectivity index (χ4n) is 3.11. The summed E-state index contributed by atoms with van der Waals surface area (Å²) in [4.78, 5) is 13.0. The summed E-state index contributed by atoms with van der Waals surface area (Å²) in [5, 5.41) is 12.7. The molecule has 2 bridgehead atoms.